The predicted octanol–water partition coefficient (Wildman–Crippen LogP) is 0.433. The largest absolute Gasteiger partial charge is 0.391 e. The molecule has 0 aliphatic carbocycles. The molecule has 1 aromatic carbocycles. The van der Waals surface area contributed by atoms with Gasteiger partial charge in [-0.05, 0) is 18.2 Å². The molecule has 0 radical (unpaired) electrons. The highest BCUT2D eigenvalue weighted by molar-refractivity contribution is 7.91. The molecule has 0 aliphatic heterocycles. The van der Waals surface area contributed by atoms with E-state index < -0.39 is 15.9 Å². The van der Waals surface area contributed by atoms with Gasteiger partial charge in [-0.3, -0.25) is 0 Å². The topological polar surface area (TPSA) is 80.4 Å². The van der Waals surface area contributed by atoms with Gasteiger partial charge in [-0.1, -0.05) is 17.7 Å². The average molecular weight is 250 g/mol. The molecule has 0 aromatic heterocycles. The van der Waals surface area contributed by atoms with Gasteiger partial charge in [-0.25, -0.2) is 8.42 Å². The molecule has 84 valence electrons. The van der Waals surface area contributed by atoms with Gasteiger partial charge in [-0.2, -0.15) is 0 Å². The number of aliphatic hydroxyl groups excluding tert-OH is 1. The first-order chi connectivity index (χ1) is 6.95. The molecule has 0 heterocycles. The Morgan fingerprint density at radius 2 is 2.13 bits per heavy atom. The van der Waals surface area contributed by atoms with Gasteiger partial charge >= 0.3 is 0 Å². The number of rotatable bonds is 4. The van der Waals surface area contributed by atoms with Crippen molar-refractivity contribution < 1.29 is 13.5 Å². The average Bonchev–Trinajstić information content (AvgIpc) is 2.17. The highest BCUT2D eigenvalue weighted by Gasteiger charge is 2.18. The molecule has 1 aromatic rings. The number of aliphatic hydroxyl groups is 1. The van der Waals surface area contributed by atoms with Crippen LogP contribution in [-0.2, 0) is 9.84 Å². The van der Waals surface area contributed by atoms with Crippen molar-refractivity contribution in [1.82, 2.24) is 0 Å². The van der Waals surface area contributed by atoms with Crippen molar-refractivity contribution in [3.05, 3.63) is 29.3 Å². The molecule has 3 N–H and O–H groups in total. The minimum atomic E-state index is -3.51. The van der Waals surface area contributed by atoms with Gasteiger partial charge in [0.2, 0.25) is 0 Å². The van der Waals surface area contributed by atoms with Crippen molar-refractivity contribution in [3.8, 4) is 0 Å². The molecular formula is C9H12ClNO3S. The summed E-state index contributed by atoms with van der Waals surface area (Å²) in [4.78, 5) is 0.0995. The number of hydrogen-bond acceptors (Lipinski definition) is 4. The Kier molecular flexibility index (Phi) is 4.10. The van der Waals surface area contributed by atoms with E-state index in [4.69, 9.17) is 17.3 Å². The lowest BCUT2D eigenvalue weighted by Gasteiger charge is -2.08. The SMILES string of the molecule is NCC(O)CS(=O)(=O)c1cccc(Cl)c1. The Bertz CT molecular complexity index is 433. The fourth-order valence-corrected chi connectivity index (χ4v) is 2.76. The second-order valence-electron chi connectivity index (χ2n) is 3.13. The molecule has 0 aliphatic rings. The van der Waals surface area contributed by atoms with Crippen molar-refractivity contribution in [3.63, 3.8) is 0 Å². The van der Waals surface area contributed by atoms with E-state index in [2.05, 4.69) is 0 Å². The van der Waals surface area contributed by atoms with E-state index in [0.29, 0.717) is 5.02 Å². The summed E-state index contributed by atoms with van der Waals surface area (Å²) < 4.78 is 23.4. The molecule has 15 heavy (non-hydrogen) atoms. The minimum Gasteiger partial charge on any atom is -0.391 e. The van der Waals surface area contributed by atoms with Crippen molar-refractivity contribution in [2.24, 2.45) is 5.73 Å². The van der Waals surface area contributed by atoms with Crippen LogP contribution in [0.3, 0.4) is 0 Å². The molecule has 0 fully saturated rings. The zero-order valence-electron chi connectivity index (χ0n) is 7.93. The molecule has 0 saturated carbocycles. The summed E-state index contributed by atoms with van der Waals surface area (Å²) in [5, 5.41) is 9.53. The Morgan fingerprint density at radius 1 is 1.47 bits per heavy atom. The van der Waals surface area contributed by atoms with E-state index in [9.17, 15) is 13.5 Å². The van der Waals surface area contributed by atoms with Crippen LogP contribution in [-0.4, -0.2) is 31.9 Å². The van der Waals surface area contributed by atoms with Gasteiger partial charge in [0.25, 0.3) is 0 Å². The summed E-state index contributed by atoms with van der Waals surface area (Å²) in [5.74, 6) is -0.385. The van der Waals surface area contributed by atoms with Crippen molar-refractivity contribution in [2.45, 2.75) is 11.0 Å². The number of nitrogens with two attached hydrogens (primary N) is 1. The summed E-state index contributed by atoms with van der Waals surface area (Å²) in [6.07, 6.45) is -1.05. The van der Waals surface area contributed by atoms with E-state index in [1.807, 2.05) is 0 Å². The van der Waals surface area contributed by atoms with E-state index in [1.54, 1.807) is 12.1 Å². The molecular weight excluding hydrogens is 238 g/mol. The van der Waals surface area contributed by atoms with Crippen LogP contribution < -0.4 is 5.73 Å². The number of hydrogen-bond donors (Lipinski definition) is 2. The first-order valence-corrected chi connectivity index (χ1v) is 6.35. The molecule has 4 nitrogen and oxygen atoms in total. The quantitative estimate of drug-likeness (QED) is 0.811. The zero-order valence-corrected chi connectivity index (χ0v) is 9.50. The highest BCUT2D eigenvalue weighted by atomic mass is 35.5. The number of sulfone groups is 1. The van der Waals surface area contributed by atoms with Crippen LogP contribution in [0.5, 0.6) is 0 Å². The third-order valence-corrected chi connectivity index (χ3v) is 3.87. The molecule has 1 atom stereocenters. The third-order valence-electron chi connectivity index (χ3n) is 1.84. The minimum absolute atomic E-state index is 0.0835. The Hall–Kier alpha value is -0.620. The Balaban J connectivity index is 2.96. The molecule has 0 amide bonds. The lowest BCUT2D eigenvalue weighted by Crippen LogP contribution is -2.28. The number of halogens is 1. The van der Waals surface area contributed by atoms with Crippen molar-refractivity contribution >= 4 is 21.4 Å². The molecule has 6 heteroatoms. The van der Waals surface area contributed by atoms with Gasteiger partial charge in [0.1, 0.15) is 0 Å². The number of benzene rings is 1. The van der Waals surface area contributed by atoms with Crippen molar-refractivity contribution in [1.29, 1.82) is 0 Å². The monoisotopic (exact) mass is 249 g/mol. The molecule has 0 saturated heterocycles. The smallest absolute Gasteiger partial charge is 0.181 e. The summed E-state index contributed by atoms with van der Waals surface area (Å²) in [6, 6.07) is 5.91. The summed E-state index contributed by atoms with van der Waals surface area (Å²) in [5.41, 5.74) is 5.15. The van der Waals surface area contributed by atoms with Crippen LogP contribution in [0.25, 0.3) is 0 Å². The van der Waals surface area contributed by atoms with Crippen LogP contribution in [0.1, 0.15) is 0 Å². The van der Waals surface area contributed by atoms with Gasteiger partial charge < -0.3 is 10.8 Å². The second-order valence-corrected chi connectivity index (χ2v) is 5.60. The Labute approximate surface area is 93.6 Å². The van der Waals surface area contributed by atoms with Gasteiger partial charge in [-0.15, -0.1) is 0 Å². The van der Waals surface area contributed by atoms with Gasteiger partial charge in [0, 0.05) is 11.6 Å². The van der Waals surface area contributed by atoms with E-state index >= 15 is 0 Å². The summed E-state index contributed by atoms with van der Waals surface area (Å²) in [6.45, 7) is -0.0835. The zero-order chi connectivity index (χ0) is 11.5. The van der Waals surface area contributed by atoms with Crippen LogP contribution in [0.15, 0.2) is 29.2 Å². The van der Waals surface area contributed by atoms with Crippen LogP contribution in [0.4, 0.5) is 0 Å². The highest BCUT2D eigenvalue weighted by Crippen LogP contribution is 2.17. The maximum Gasteiger partial charge on any atom is 0.181 e. The maximum atomic E-state index is 11.7. The summed E-state index contributed by atoms with van der Waals surface area (Å²) in [7, 11) is -3.51. The lowest BCUT2D eigenvalue weighted by atomic mass is 10.4. The van der Waals surface area contributed by atoms with Crippen LogP contribution >= 0.6 is 11.6 Å². The lowest BCUT2D eigenvalue weighted by molar-refractivity contribution is 0.205. The first kappa shape index (κ1) is 12.4. The van der Waals surface area contributed by atoms with Crippen molar-refractivity contribution in [2.75, 3.05) is 12.3 Å². The van der Waals surface area contributed by atoms with Gasteiger partial charge in [0.05, 0.1) is 16.8 Å². The maximum absolute atomic E-state index is 11.7. The second kappa shape index (κ2) is 4.94. The molecule has 1 unspecified atom stereocenters. The standard InChI is InChI=1S/C9H12ClNO3S/c10-7-2-1-3-9(4-7)15(13,14)6-8(12)5-11/h1-4,8,12H,5-6,11H2. The third kappa shape index (κ3) is 3.46. The van der Waals surface area contributed by atoms with E-state index in [0.717, 1.165) is 0 Å². The molecule has 1 rings (SSSR count). The fourth-order valence-electron chi connectivity index (χ4n) is 1.08. The predicted molar refractivity (Wildman–Crippen MR) is 58.6 cm³/mol. The fraction of sp³-hybridized carbons (Fsp3) is 0.333. The summed E-state index contributed by atoms with van der Waals surface area (Å²) >= 11 is 5.67. The Morgan fingerprint density at radius 3 is 2.67 bits per heavy atom. The van der Waals surface area contributed by atoms with Crippen LogP contribution in [0.2, 0.25) is 5.02 Å². The molecule has 0 bridgehead atoms. The van der Waals surface area contributed by atoms with Crippen LogP contribution in [0, 0.1) is 0 Å². The van der Waals surface area contributed by atoms with E-state index in [1.165, 1.54) is 12.1 Å². The first-order valence-electron chi connectivity index (χ1n) is 4.32. The normalized spacial score (nSPS) is 13.8. The van der Waals surface area contributed by atoms with E-state index in [-0.39, 0.29) is 17.2 Å². The molecule has 0 spiro atoms. The van der Waals surface area contributed by atoms with Gasteiger partial charge in [0.15, 0.2) is 9.84 Å².